The van der Waals surface area contributed by atoms with Crippen molar-refractivity contribution in [1.29, 1.82) is 0 Å². The summed E-state index contributed by atoms with van der Waals surface area (Å²) in [5.74, 6) is -1.06. The van der Waals surface area contributed by atoms with E-state index in [-0.39, 0.29) is 5.56 Å². The Morgan fingerprint density at radius 2 is 1.94 bits per heavy atom. The minimum absolute atomic E-state index is 0.0850. The minimum Gasteiger partial charge on any atom is -0.478 e. The number of carboxylic acids is 1. The molecule has 4 nitrogen and oxygen atoms in total. The van der Waals surface area contributed by atoms with Gasteiger partial charge in [-0.1, -0.05) is 24.3 Å². The molecular weight excluding hydrogens is 218 g/mol. The normalized spacial score (nSPS) is 9.88. The van der Waals surface area contributed by atoms with Gasteiger partial charge in [-0.2, -0.15) is 0 Å². The van der Waals surface area contributed by atoms with Crippen LogP contribution in [-0.2, 0) is 0 Å². The molecule has 2 rings (SSSR count). The first-order chi connectivity index (χ1) is 8.24. The number of carbonyl (C=O) groups is 2. The van der Waals surface area contributed by atoms with E-state index in [0.29, 0.717) is 23.1 Å². The highest BCUT2D eigenvalue weighted by molar-refractivity contribution is 5.97. The van der Waals surface area contributed by atoms with Gasteiger partial charge < -0.3 is 5.11 Å². The summed E-state index contributed by atoms with van der Waals surface area (Å²) in [6.07, 6.45) is 2.19. The van der Waals surface area contributed by atoms with E-state index in [1.54, 1.807) is 30.3 Å². The molecule has 4 heteroatoms. The molecule has 0 spiro atoms. The van der Waals surface area contributed by atoms with Gasteiger partial charge in [0.1, 0.15) is 0 Å². The highest BCUT2D eigenvalue weighted by atomic mass is 16.4. The lowest BCUT2D eigenvalue weighted by Gasteiger charge is -2.06. The smallest absolute Gasteiger partial charge is 0.337 e. The SMILES string of the molecule is O=Cc1ccccc1-c1ncccc1C(=O)O. The van der Waals surface area contributed by atoms with Crippen molar-refractivity contribution in [2.24, 2.45) is 0 Å². The average molecular weight is 227 g/mol. The maximum atomic E-state index is 11.1. The Hall–Kier alpha value is -2.49. The molecule has 0 atom stereocenters. The standard InChI is InChI=1S/C13H9NO3/c15-8-9-4-1-2-5-10(9)12-11(13(16)17)6-3-7-14-12/h1-8H,(H,16,17). The first-order valence-corrected chi connectivity index (χ1v) is 4.97. The van der Waals surface area contributed by atoms with Crippen LogP contribution < -0.4 is 0 Å². The number of pyridine rings is 1. The van der Waals surface area contributed by atoms with Gasteiger partial charge in [0.25, 0.3) is 0 Å². The zero-order valence-corrected chi connectivity index (χ0v) is 8.83. The molecular formula is C13H9NO3. The van der Waals surface area contributed by atoms with Crippen LogP contribution in [0.1, 0.15) is 20.7 Å². The summed E-state index contributed by atoms with van der Waals surface area (Å²) in [5, 5.41) is 9.06. The van der Waals surface area contributed by atoms with Crippen molar-refractivity contribution in [3.8, 4) is 11.3 Å². The number of aldehydes is 1. The summed E-state index contributed by atoms with van der Waals surface area (Å²) in [6, 6.07) is 9.78. The topological polar surface area (TPSA) is 67.3 Å². The number of rotatable bonds is 3. The Balaban J connectivity index is 2.68. The predicted molar refractivity (Wildman–Crippen MR) is 62.0 cm³/mol. The van der Waals surface area contributed by atoms with Gasteiger partial charge in [0.15, 0.2) is 6.29 Å². The van der Waals surface area contributed by atoms with E-state index in [0.717, 1.165) is 0 Å². The van der Waals surface area contributed by atoms with Crippen molar-refractivity contribution in [3.05, 3.63) is 53.7 Å². The molecule has 1 aromatic carbocycles. The van der Waals surface area contributed by atoms with Crippen LogP contribution >= 0.6 is 0 Å². The van der Waals surface area contributed by atoms with E-state index in [9.17, 15) is 9.59 Å². The Kier molecular flexibility index (Phi) is 2.96. The Morgan fingerprint density at radius 1 is 1.18 bits per heavy atom. The van der Waals surface area contributed by atoms with Crippen molar-refractivity contribution < 1.29 is 14.7 Å². The second-order valence-corrected chi connectivity index (χ2v) is 3.41. The molecule has 0 unspecified atom stereocenters. The van der Waals surface area contributed by atoms with Gasteiger partial charge >= 0.3 is 5.97 Å². The number of hydrogen-bond donors (Lipinski definition) is 1. The molecule has 84 valence electrons. The number of carboxylic acid groups (broad SMARTS) is 1. The minimum atomic E-state index is -1.06. The number of aromatic nitrogens is 1. The fourth-order valence-electron chi connectivity index (χ4n) is 1.61. The summed E-state index contributed by atoms with van der Waals surface area (Å²) in [5.41, 5.74) is 1.35. The van der Waals surface area contributed by atoms with Gasteiger partial charge in [0.2, 0.25) is 0 Å². The van der Waals surface area contributed by atoms with Crippen LogP contribution in [-0.4, -0.2) is 22.3 Å². The number of benzene rings is 1. The molecule has 0 aliphatic heterocycles. The summed E-state index contributed by atoms with van der Waals surface area (Å²) in [4.78, 5) is 26.0. The van der Waals surface area contributed by atoms with Crippen LogP contribution in [0, 0.1) is 0 Å². The zero-order chi connectivity index (χ0) is 12.3. The lowest BCUT2D eigenvalue weighted by molar-refractivity contribution is 0.0697. The quantitative estimate of drug-likeness (QED) is 0.816. The molecule has 2 aromatic rings. The maximum absolute atomic E-state index is 11.1. The molecule has 0 amide bonds. The van der Waals surface area contributed by atoms with Gasteiger partial charge in [0.05, 0.1) is 11.3 Å². The maximum Gasteiger partial charge on any atom is 0.337 e. The molecule has 17 heavy (non-hydrogen) atoms. The summed E-state index contributed by atoms with van der Waals surface area (Å²) < 4.78 is 0. The lowest BCUT2D eigenvalue weighted by atomic mass is 10.0. The molecule has 0 radical (unpaired) electrons. The molecule has 0 saturated heterocycles. The van der Waals surface area contributed by atoms with Crippen LogP contribution in [0.2, 0.25) is 0 Å². The Bertz CT molecular complexity index is 578. The molecule has 1 N–H and O–H groups in total. The molecule has 0 saturated carbocycles. The highest BCUT2D eigenvalue weighted by Gasteiger charge is 2.14. The Labute approximate surface area is 97.6 Å². The van der Waals surface area contributed by atoms with Crippen molar-refractivity contribution >= 4 is 12.3 Å². The van der Waals surface area contributed by atoms with E-state index in [4.69, 9.17) is 5.11 Å². The number of nitrogens with zero attached hydrogens (tertiary/aromatic N) is 1. The third-order valence-electron chi connectivity index (χ3n) is 2.38. The van der Waals surface area contributed by atoms with Crippen LogP contribution in [0.15, 0.2) is 42.6 Å². The Morgan fingerprint density at radius 3 is 2.65 bits per heavy atom. The van der Waals surface area contributed by atoms with E-state index in [2.05, 4.69) is 4.98 Å². The lowest BCUT2D eigenvalue weighted by Crippen LogP contribution is -2.02. The second-order valence-electron chi connectivity index (χ2n) is 3.41. The van der Waals surface area contributed by atoms with Crippen molar-refractivity contribution in [1.82, 2.24) is 4.98 Å². The van der Waals surface area contributed by atoms with Crippen molar-refractivity contribution in [3.63, 3.8) is 0 Å². The summed E-state index contributed by atoms with van der Waals surface area (Å²) in [7, 11) is 0. The molecule has 0 aliphatic rings. The predicted octanol–water partition coefficient (Wildman–Crippen LogP) is 2.26. The van der Waals surface area contributed by atoms with Crippen LogP contribution in [0.5, 0.6) is 0 Å². The molecule has 1 heterocycles. The van der Waals surface area contributed by atoms with Gasteiger partial charge in [-0.3, -0.25) is 9.78 Å². The molecule has 0 aliphatic carbocycles. The molecule has 0 bridgehead atoms. The number of hydrogen-bond acceptors (Lipinski definition) is 3. The van der Waals surface area contributed by atoms with E-state index < -0.39 is 5.97 Å². The first kappa shape index (κ1) is 11.0. The monoisotopic (exact) mass is 227 g/mol. The average Bonchev–Trinajstić information content (AvgIpc) is 2.38. The van der Waals surface area contributed by atoms with Gasteiger partial charge in [-0.05, 0) is 12.1 Å². The summed E-state index contributed by atoms with van der Waals surface area (Å²) >= 11 is 0. The van der Waals surface area contributed by atoms with E-state index in [1.165, 1.54) is 12.3 Å². The van der Waals surface area contributed by atoms with Crippen molar-refractivity contribution in [2.75, 3.05) is 0 Å². The largest absolute Gasteiger partial charge is 0.478 e. The fourth-order valence-corrected chi connectivity index (χ4v) is 1.61. The van der Waals surface area contributed by atoms with E-state index in [1.807, 2.05) is 0 Å². The van der Waals surface area contributed by atoms with Crippen LogP contribution in [0.4, 0.5) is 0 Å². The fraction of sp³-hybridized carbons (Fsp3) is 0. The first-order valence-electron chi connectivity index (χ1n) is 4.97. The zero-order valence-electron chi connectivity index (χ0n) is 8.83. The molecule has 0 fully saturated rings. The molecule has 1 aromatic heterocycles. The van der Waals surface area contributed by atoms with Gasteiger partial charge in [0, 0.05) is 17.3 Å². The number of aromatic carboxylic acids is 1. The van der Waals surface area contributed by atoms with Crippen LogP contribution in [0.3, 0.4) is 0 Å². The number of carbonyl (C=O) groups excluding carboxylic acids is 1. The van der Waals surface area contributed by atoms with Gasteiger partial charge in [-0.25, -0.2) is 4.79 Å². The van der Waals surface area contributed by atoms with E-state index >= 15 is 0 Å². The third kappa shape index (κ3) is 2.06. The second kappa shape index (κ2) is 4.57. The highest BCUT2D eigenvalue weighted by Crippen LogP contribution is 2.23. The summed E-state index contributed by atoms with van der Waals surface area (Å²) in [6.45, 7) is 0. The third-order valence-corrected chi connectivity index (χ3v) is 2.38. The van der Waals surface area contributed by atoms with Crippen LogP contribution in [0.25, 0.3) is 11.3 Å². The van der Waals surface area contributed by atoms with Gasteiger partial charge in [-0.15, -0.1) is 0 Å². The van der Waals surface area contributed by atoms with Crippen molar-refractivity contribution in [2.45, 2.75) is 0 Å².